The van der Waals surface area contributed by atoms with Crippen LogP contribution in [0.4, 0.5) is 4.39 Å². The van der Waals surface area contributed by atoms with Gasteiger partial charge in [-0.25, -0.2) is 4.39 Å². The SMILES string of the molecule is CCNC(C1=CCCCC1)c1ccc(F)cc1. The molecule has 2 heteroatoms. The second-order valence-corrected chi connectivity index (χ2v) is 4.57. The predicted octanol–water partition coefficient (Wildman–Crippen LogP) is 3.98. The van der Waals surface area contributed by atoms with Crippen molar-refractivity contribution in [3.05, 3.63) is 47.3 Å². The molecule has 1 aromatic carbocycles. The molecule has 2 rings (SSSR count). The molecular formula is C15H20FN. The molecular weight excluding hydrogens is 213 g/mol. The minimum atomic E-state index is -0.165. The van der Waals surface area contributed by atoms with Crippen LogP contribution in [-0.2, 0) is 0 Å². The van der Waals surface area contributed by atoms with Gasteiger partial charge in [0.05, 0.1) is 6.04 Å². The third-order valence-electron chi connectivity index (χ3n) is 3.31. The second kappa shape index (κ2) is 5.97. The largest absolute Gasteiger partial charge is 0.307 e. The summed E-state index contributed by atoms with van der Waals surface area (Å²) in [5, 5.41) is 3.50. The molecule has 0 amide bonds. The highest BCUT2D eigenvalue weighted by molar-refractivity contribution is 5.29. The van der Waals surface area contributed by atoms with Crippen LogP contribution in [0, 0.1) is 5.82 Å². The highest BCUT2D eigenvalue weighted by Crippen LogP contribution is 2.29. The van der Waals surface area contributed by atoms with E-state index in [9.17, 15) is 4.39 Å². The third-order valence-corrected chi connectivity index (χ3v) is 3.31. The summed E-state index contributed by atoms with van der Waals surface area (Å²) >= 11 is 0. The standard InChI is InChI=1S/C15H20FN/c1-2-17-15(12-6-4-3-5-7-12)13-8-10-14(16)11-9-13/h6,8-11,15,17H,2-5,7H2,1H3. The van der Waals surface area contributed by atoms with Crippen LogP contribution >= 0.6 is 0 Å². The van der Waals surface area contributed by atoms with Gasteiger partial charge in [0.25, 0.3) is 0 Å². The van der Waals surface area contributed by atoms with E-state index in [0.717, 1.165) is 13.0 Å². The lowest BCUT2D eigenvalue weighted by Gasteiger charge is -2.24. The van der Waals surface area contributed by atoms with E-state index < -0.39 is 0 Å². The van der Waals surface area contributed by atoms with E-state index in [0.29, 0.717) is 0 Å². The Balaban J connectivity index is 2.21. The van der Waals surface area contributed by atoms with Crippen LogP contribution in [0.15, 0.2) is 35.9 Å². The van der Waals surface area contributed by atoms with Gasteiger partial charge in [0.15, 0.2) is 0 Å². The topological polar surface area (TPSA) is 12.0 Å². The quantitative estimate of drug-likeness (QED) is 0.776. The molecule has 1 nitrogen and oxygen atoms in total. The molecule has 0 spiro atoms. The van der Waals surface area contributed by atoms with Crippen molar-refractivity contribution in [1.82, 2.24) is 5.32 Å². The van der Waals surface area contributed by atoms with Crippen LogP contribution in [0.2, 0.25) is 0 Å². The fourth-order valence-electron chi connectivity index (χ4n) is 2.45. The number of allylic oxidation sites excluding steroid dienone is 1. The second-order valence-electron chi connectivity index (χ2n) is 4.57. The van der Waals surface area contributed by atoms with Gasteiger partial charge in [-0.15, -0.1) is 0 Å². The average Bonchev–Trinajstić information content (AvgIpc) is 2.38. The van der Waals surface area contributed by atoms with Gasteiger partial charge in [0.2, 0.25) is 0 Å². The molecule has 0 heterocycles. The molecule has 1 aliphatic rings. The van der Waals surface area contributed by atoms with Gasteiger partial charge in [-0.2, -0.15) is 0 Å². The maximum absolute atomic E-state index is 12.9. The summed E-state index contributed by atoms with van der Waals surface area (Å²) in [5.74, 6) is -0.165. The minimum Gasteiger partial charge on any atom is -0.307 e. The highest BCUT2D eigenvalue weighted by atomic mass is 19.1. The minimum absolute atomic E-state index is 0.165. The van der Waals surface area contributed by atoms with Crippen LogP contribution in [0.3, 0.4) is 0 Å². The Hall–Kier alpha value is -1.15. The molecule has 1 N–H and O–H groups in total. The van der Waals surface area contributed by atoms with Crippen LogP contribution in [0.1, 0.15) is 44.2 Å². The van der Waals surface area contributed by atoms with Crippen molar-refractivity contribution < 1.29 is 4.39 Å². The molecule has 0 saturated carbocycles. The monoisotopic (exact) mass is 233 g/mol. The van der Waals surface area contributed by atoms with E-state index in [1.54, 1.807) is 12.1 Å². The molecule has 1 aromatic rings. The van der Waals surface area contributed by atoms with Gasteiger partial charge in [0.1, 0.15) is 5.82 Å². The zero-order valence-corrected chi connectivity index (χ0v) is 10.4. The van der Waals surface area contributed by atoms with E-state index in [2.05, 4.69) is 18.3 Å². The van der Waals surface area contributed by atoms with E-state index in [-0.39, 0.29) is 11.9 Å². The maximum Gasteiger partial charge on any atom is 0.123 e. The number of halogens is 1. The Labute approximate surface area is 103 Å². The number of hydrogen-bond acceptors (Lipinski definition) is 1. The lowest BCUT2D eigenvalue weighted by molar-refractivity contribution is 0.561. The van der Waals surface area contributed by atoms with Crippen molar-refractivity contribution in [2.75, 3.05) is 6.54 Å². The summed E-state index contributed by atoms with van der Waals surface area (Å²) in [6.07, 6.45) is 7.26. The number of benzene rings is 1. The first-order chi connectivity index (χ1) is 8.31. The predicted molar refractivity (Wildman–Crippen MR) is 69.4 cm³/mol. The van der Waals surface area contributed by atoms with Gasteiger partial charge >= 0.3 is 0 Å². The van der Waals surface area contributed by atoms with Crippen molar-refractivity contribution in [3.8, 4) is 0 Å². The van der Waals surface area contributed by atoms with Crippen LogP contribution < -0.4 is 5.32 Å². The molecule has 0 aromatic heterocycles. The zero-order valence-electron chi connectivity index (χ0n) is 10.4. The Morgan fingerprint density at radius 2 is 2.00 bits per heavy atom. The summed E-state index contributed by atoms with van der Waals surface area (Å²) in [7, 11) is 0. The number of nitrogens with one attached hydrogen (secondary N) is 1. The maximum atomic E-state index is 12.9. The van der Waals surface area contributed by atoms with Gasteiger partial charge in [-0.1, -0.05) is 30.7 Å². The fourth-order valence-corrected chi connectivity index (χ4v) is 2.45. The van der Waals surface area contributed by atoms with Gasteiger partial charge in [-0.3, -0.25) is 0 Å². The molecule has 1 unspecified atom stereocenters. The number of likely N-dealkylation sites (N-methyl/N-ethyl adjacent to an activating group) is 1. The lowest BCUT2D eigenvalue weighted by atomic mass is 9.90. The van der Waals surface area contributed by atoms with E-state index in [1.165, 1.54) is 30.4 Å². The summed E-state index contributed by atoms with van der Waals surface area (Å²) in [5.41, 5.74) is 2.63. The molecule has 0 radical (unpaired) electrons. The summed E-state index contributed by atoms with van der Waals surface area (Å²) in [6, 6.07) is 7.13. The normalized spacial score (nSPS) is 17.6. The lowest BCUT2D eigenvalue weighted by Crippen LogP contribution is -2.23. The summed E-state index contributed by atoms with van der Waals surface area (Å²) in [4.78, 5) is 0. The van der Waals surface area contributed by atoms with Crippen molar-refractivity contribution in [2.45, 2.75) is 38.6 Å². The Kier molecular flexibility index (Phi) is 4.32. The Bertz CT molecular complexity index is 380. The summed E-state index contributed by atoms with van der Waals surface area (Å²) in [6.45, 7) is 3.04. The zero-order chi connectivity index (χ0) is 12.1. The van der Waals surface area contributed by atoms with Crippen LogP contribution in [0.5, 0.6) is 0 Å². The van der Waals surface area contributed by atoms with Gasteiger partial charge in [0, 0.05) is 0 Å². The fraction of sp³-hybridized carbons (Fsp3) is 0.467. The molecule has 1 atom stereocenters. The van der Waals surface area contributed by atoms with E-state index in [1.807, 2.05) is 12.1 Å². The van der Waals surface area contributed by atoms with Crippen molar-refractivity contribution in [3.63, 3.8) is 0 Å². The first-order valence-corrected chi connectivity index (χ1v) is 6.49. The van der Waals surface area contributed by atoms with Crippen LogP contribution in [-0.4, -0.2) is 6.54 Å². The smallest absolute Gasteiger partial charge is 0.123 e. The molecule has 0 aliphatic heterocycles. The Morgan fingerprint density at radius 1 is 1.24 bits per heavy atom. The van der Waals surface area contributed by atoms with E-state index >= 15 is 0 Å². The van der Waals surface area contributed by atoms with Crippen LogP contribution in [0.25, 0.3) is 0 Å². The first kappa shape index (κ1) is 12.3. The molecule has 0 saturated heterocycles. The number of hydrogen-bond donors (Lipinski definition) is 1. The average molecular weight is 233 g/mol. The van der Waals surface area contributed by atoms with Gasteiger partial charge in [-0.05, 0) is 49.9 Å². The van der Waals surface area contributed by atoms with Gasteiger partial charge < -0.3 is 5.32 Å². The Morgan fingerprint density at radius 3 is 2.59 bits per heavy atom. The van der Waals surface area contributed by atoms with Crippen molar-refractivity contribution in [1.29, 1.82) is 0 Å². The molecule has 92 valence electrons. The summed E-state index contributed by atoms with van der Waals surface area (Å²) < 4.78 is 12.9. The molecule has 17 heavy (non-hydrogen) atoms. The third kappa shape index (κ3) is 3.16. The molecule has 1 aliphatic carbocycles. The molecule has 0 fully saturated rings. The van der Waals surface area contributed by atoms with Crippen molar-refractivity contribution >= 4 is 0 Å². The highest BCUT2D eigenvalue weighted by Gasteiger charge is 2.17. The number of rotatable bonds is 4. The van der Waals surface area contributed by atoms with E-state index in [4.69, 9.17) is 0 Å². The molecule has 0 bridgehead atoms. The van der Waals surface area contributed by atoms with Crippen molar-refractivity contribution in [2.24, 2.45) is 0 Å². The first-order valence-electron chi connectivity index (χ1n) is 6.49.